The zero-order chi connectivity index (χ0) is 14.2. The van der Waals surface area contributed by atoms with E-state index in [1.165, 1.54) is 11.8 Å². The minimum atomic E-state index is -0.470. The highest BCUT2D eigenvalue weighted by atomic mass is 79.9. The van der Waals surface area contributed by atoms with Crippen molar-refractivity contribution in [3.63, 3.8) is 0 Å². The zero-order valence-corrected chi connectivity index (χ0v) is 12.1. The molecule has 1 aromatic rings. The standard InChI is InChI=1S/C13H12BrN3O2/c1-8(18)17-12(19)11(16(2)13(17)15)7-9-3-5-10(14)6-4-9/h3-7,15H,1-2H3/b11-7-,15-13?. The number of benzene rings is 1. The minimum absolute atomic E-state index is 0.124. The predicted octanol–water partition coefficient (Wildman–Crippen LogP) is 2.05. The van der Waals surface area contributed by atoms with Crippen LogP contribution in [0.1, 0.15) is 12.5 Å². The van der Waals surface area contributed by atoms with Crippen LogP contribution in [0.4, 0.5) is 0 Å². The molecule has 0 aromatic heterocycles. The summed E-state index contributed by atoms with van der Waals surface area (Å²) >= 11 is 3.34. The Morgan fingerprint density at radius 1 is 1.32 bits per heavy atom. The molecular weight excluding hydrogens is 310 g/mol. The summed E-state index contributed by atoms with van der Waals surface area (Å²) in [7, 11) is 1.59. The van der Waals surface area contributed by atoms with Crippen LogP contribution < -0.4 is 0 Å². The van der Waals surface area contributed by atoms with Crippen LogP contribution in [-0.2, 0) is 9.59 Å². The van der Waals surface area contributed by atoms with Crippen LogP contribution in [0.5, 0.6) is 0 Å². The highest BCUT2D eigenvalue weighted by Crippen LogP contribution is 2.22. The molecule has 0 saturated carbocycles. The largest absolute Gasteiger partial charge is 0.310 e. The summed E-state index contributed by atoms with van der Waals surface area (Å²) in [6, 6.07) is 7.41. The van der Waals surface area contributed by atoms with Crippen molar-refractivity contribution in [2.75, 3.05) is 7.05 Å². The smallest absolute Gasteiger partial charge is 0.284 e. The molecule has 0 atom stereocenters. The molecule has 2 amide bonds. The maximum Gasteiger partial charge on any atom is 0.284 e. The molecule has 1 aromatic carbocycles. The number of nitrogens with zero attached hydrogens (tertiary/aromatic N) is 2. The Kier molecular flexibility index (Phi) is 3.53. The van der Waals surface area contributed by atoms with Crippen molar-refractivity contribution in [2.24, 2.45) is 0 Å². The molecule has 2 rings (SSSR count). The van der Waals surface area contributed by atoms with E-state index in [2.05, 4.69) is 15.9 Å². The molecule has 1 aliphatic heterocycles. The Morgan fingerprint density at radius 2 is 1.89 bits per heavy atom. The van der Waals surface area contributed by atoms with Crippen LogP contribution >= 0.6 is 15.9 Å². The maximum atomic E-state index is 12.1. The summed E-state index contributed by atoms with van der Waals surface area (Å²) in [5.74, 6) is -1.05. The first kappa shape index (κ1) is 13.5. The Morgan fingerprint density at radius 3 is 2.37 bits per heavy atom. The fourth-order valence-electron chi connectivity index (χ4n) is 1.79. The van der Waals surface area contributed by atoms with Gasteiger partial charge in [0.25, 0.3) is 5.91 Å². The van der Waals surface area contributed by atoms with E-state index < -0.39 is 11.8 Å². The number of amides is 2. The number of carbonyl (C=O) groups is 2. The average molecular weight is 322 g/mol. The minimum Gasteiger partial charge on any atom is -0.310 e. The third-order valence-corrected chi connectivity index (χ3v) is 3.33. The third kappa shape index (κ3) is 2.44. The molecule has 1 saturated heterocycles. The van der Waals surface area contributed by atoms with E-state index in [1.807, 2.05) is 24.3 Å². The second kappa shape index (κ2) is 4.97. The van der Waals surface area contributed by atoms with E-state index >= 15 is 0 Å². The lowest BCUT2D eigenvalue weighted by Crippen LogP contribution is -2.36. The van der Waals surface area contributed by atoms with Gasteiger partial charge in [-0.3, -0.25) is 15.0 Å². The van der Waals surface area contributed by atoms with Crippen molar-refractivity contribution >= 4 is 39.8 Å². The van der Waals surface area contributed by atoms with Gasteiger partial charge in [-0.15, -0.1) is 0 Å². The van der Waals surface area contributed by atoms with Crippen LogP contribution in [0.15, 0.2) is 34.4 Å². The summed E-state index contributed by atoms with van der Waals surface area (Å²) in [4.78, 5) is 25.7. The van der Waals surface area contributed by atoms with Gasteiger partial charge in [0.15, 0.2) is 0 Å². The summed E-state index contributed by atoms with van der Waals surface area (Å²) < 4.78 is 0.943. The highest BCUT2D eigenvalue weighted by Gasteiger charge is 2.38. The molecule has 0 unspecified atom stereocenters. The highest BCUT2D eigenvalue weighted by molar-refractivity contribution is 9.10. The monoisotopic (exact) mass is 321 g/mol. The summed E-state index contributed by atoms with van der Waals surface area (Å²) in [5.41, 5.74) is 1.14. The Balaban J connectivity index is 2.40. The van der Waals surface area contributed by atoms with E-state index in [9.17, 15) is 9.59 Å². The van der Waals surface area contributed by atoms with Gasteiger partial charge in [-0.2, -0.15) is 0 Å². The van der Waals surface area contributed by atoms with Crippen molar-refractivity contribution < 1.29 is 9.59 Å². The molecule has 1 aliphatic rings. The second-order valence-corrected chi connectivity index (χ2v) is 5.04. The van der Waals surface area contributed by atoms with Crippen LogP contribution in [0.3, 0.4) is 0 Å². The van der Waals surface area contributed by atoms with E-state index in [0.717, 1.165) is 14.9 Å². The lowest BCUT2D eigenvalue weighted by Gasteiger charge is -2.12. The van der Waals surface area contributed by atoms with Crippen molar-refractivity contribution in [1.29, 1.82) is 5.41 Å². The Hall–Kier alpha value is -1.95. The molecule has 1 fully saturated rings. The van der Waals surface area contributed by atoms with Crippen LogP contribution in [0.2, 0.25) is 0 Å². The van der Waals surface area contributed by atoms with Gasteiger partial charge in [0.05, 0.1) is 0 Å². The summed E-state index contributed by atoms with van der Waals surface area (Å²) in [5, 5.41) is 7.76. The van der Waals surface area contributed by atoms with Crippen LogP contribution in [-0.4, -0.2) is 34.6 Å². The summed E-state index contributed by atoms with van der Waals surface area (Å²) in [6.45, 7) is 1.27. The quantitative estimate of drug-likeness (QED) is 0.805. The molecule has 5 nitrogen and oxygen atoms in total. The van der Waals surface area contributed by atoms with Gasteiger partial charge in [-0.25, -0.2) is 4.90 Å². The molecule has 19 heavy (non-hydrogen) atoms. The topological polar surface area (TPSA) is 64.5 Å². The van der Waals surface area contributed by atoms with Gasteiger partial charge in [-0.05, 0) is 23.8 Å². The maximum absolute atomic E-state index is 12.1. The first-order chi connectivity index (χ1) is 8.91. The lowest BCUT2D eigenvalue weighted by atomic mass is 10.2. The molecular formula is C13H12BrN3O2. The number of carbonyl (C=O) groups excluding carboxylic acids is 2. The van der Waals surface area contributed by atoms with E-state index in [1.54, 1.807) is 13.1 Å². The first-order valence-electron chi connectivity index (χ1n) is 5.56. The molecule has 0 bridgehead atoms. The van der Waals surface area contributed by atoms with E-state index in [-0.39, 0.29) is 5.96 Å². The first-order valence-corrected chi connectivity index (χ1v) is 6.35. The second-order valence-electron chi connectivity index (χ2n) is 4.12. The van der Waals surface area contributed by atoms with Crippen LogP contribution in [0, 0.1) is 5.41 Å². The number of hydrogen-bond donors (Lipinski definition) is 1. The van der Waals surface area contributed by atoms with Crippen molar-refractivity contribution in [2.45, 2.75) is 6.92 Å². The van der Waals surface area contributed by atoms with Gasteiger partial charge < -0.3 is 4.90 Å². The van der Waals surface area contributed by atoms with E-state index in [0.29, 0.717) is 5.70 Å². The SMILES string of the molecule is CC(=O)N1C(=N)N(C)/C(=C\c2ccc(Br)cc2)C1=O. The Bertz CT molecular complexity index is 592. The normalized spacial score (nSPS) is 17.5. The third-order valence-electron chi connectivity index (χ3n) is 2.80. The van der Waals surface area contributed by atoms with Gasteiger partial charge in [-0.1, -0.05) is 28.1 Å². The average Bonchev–Trinajstić information content (AvgIpc) is 2.56. The number of halogens is 1. The van der Waals surface area contributed by atoms with Gasteiger partial charge in [0.2, 0.25) is 11.9 Å². The van der Waals surface area contributed by atoms with Gasteiger partial charge in [0, 0.05) is 18.4 Å². The predicted molar refractivity (Wildman–Crippen MR) is 75.1 cm³/mol. The van der Waals surface area contributed by atoms with E-state index in [4.69, 9.17) is 5.41 Å². The molecule has 6 heteroatoms. The Labute approximate surface area is 119 Å². The van der Waals surface area contributed by atoms with Crippen molar-refractivity contribution in [3.8, 4) is 0 Å². The molecule has 0 radical (unpaired) electrons. The molecule has 1 heterocycles. The summed E-state index contributed by atoms with van der Waals surface area (Å²) in [6.07, 6.45) is 1.66. The van der Waals surface area contributed by atoms with Gasteiger partial charge >= 0.3 is 0 Å². The van der Waals surface area contributed by atoms with Crippen molar-refractivity contribution in [3.05, 3.63) is 40.0 Å². The van der Waals surface area contributed by atoms with Crippen LogP contribution in [0.25, 0.3) is 6.08 Å². The number of likely N-dealkylation sites (N-methyl/N-ethyl adjacent to an activating group) is 1. The fourth-order valence-corrected chi connectivity index (χ4v) is 2.05. The fraction of sp³-hybridized carbons (Fsp3) is 0.154. The molecule has 98 valence electrons. The molecule has 1 N–H and O–H groups in total. The number of hydrogen-bond acceptors (Lipinski definition) is 3. The lowest BCUT2D eigenvalue weighted by molar-refractivity contribution is -0.135. The van der Waals surface area contributed by atoms with Gasteiger partial charge in [0.1, 0.15) is 5.70 Å². The molecule has 0 aliphatic carbocycles. The zero-order valence-electron chi connectivity index (χ0n) is 10.5. The number of rotatable bonds is 1. The number of guanidine groups is 1. The van der Waals surface area contributed by atoms with Crippen molar-refractivity contribution in [1.82, 2.24) is 9.80 Å². The number of nitrogens with one attached hydrogen (secondary N) is 1. The molecule has 0 spiro atoms. The number of imide groups is 1.